The Hall–Kier alpha value is -2.27. The molecule has 1 saturated heterocycles. The van der Waals surface area contributed by atoms with E-state index in [-0.39, 0.29) is 12.0 Å². The van der Waals surface area contributed by atoms with Crippen LogP contribution in [0.1, 0.15) is 30.9 Å². The Kier molecular flexibility index (Phi) is 5.67. The van der Waals surface area contributed by atoms with Crippen molar-refractivity contribution in [2.45, 2.75) is 32.0 Å². The second-order valence-electron chi connectivity index (χ2n) is 7.32. The lowest BCUT2D eigenvalue weighted by molar-refractivity contribution is -0.0328. The standard InChI is InChI=1S/C21H26BNO3/c1-21(25,17-7-9-19(22)10-8-17)18-11-13-23(14-12-18)20(24)26-15-16-5-3-2-4-6-16/h2-10,18,25H,11-15,22H2,1H3. The van der Waals surface area contributed by atoms with Gasteiger partial charge in [0.2, 0.25) is 0 Å². The third-order valence-corrected chi connectivity index (χ3v) is 5.39. The molecule has 0 radical (unpaired) electrons. The van der Waals surface area contributed by atoms with Gasteiger partial charge in [-0.25, -0.2) is 4.79 Å². The molecule has 1 N–H and O–H groups in total. The Morgan fingerprint density at radius 2 is 1.77 bits per heavy atom. The average Bonchev–Trinajstić information content (AvgIpc) is 2.67. The van der Waals surface area contributed by atoms with Crippen LogP contribution in [0.25, 0.3) is 0 Å². The number of piperidine rings is 1. The lowest BCUT2D eigenvalue weighted by atomic mass is 9.77. The van der Waals surface area contributed by atoms with E-state index in [0.29, 0.717) is 19.7 Å². The largest absolute Gasteiger partial charge is 0.445 e. The van der Waals surface area contributed by atoms with Gasteiger partial charge in [-0.3, -0.25) is 0 Å². The second kappa shape index (κ2) is 7.96. The van der Waals surface area contributed by atoms with Gasteiger partial charge in [0.1, 0.15) is 14.5 Å². The molecule has 1 heterocycles. The number of carbonyl (C=O) groups is 1. The predicted octanol–water partition coefficient (Wildman–Crippen LogP) is 2.20. The van der Waals surface area contributed by atoms with E-state index >= 15 is 0 Å². The highest BCUT2D eigenvalue weighted by Crippen LogP contribution is 2.36. The van der Waals surface area contributed by atoms with Crippen molar-refractivity contribution in [2.75, 3.05) is 13.1 Å². The van der Waals surface area contributed by atoms with Crippen molar-refractivity contribution in [3.8, 4) is 0 Å². The summed E-state index contributed by atoms with van der Waals surface area (Å²) < 4.78 is 5.41. The van der Waals surface area contributed by atoms with Crippen LogP contribution >= 0.6 is 0 Å². The summed E-state index contributed by atoms with van der Waals surface area (Å²) in [6, 6.07) is 17.7. The van der Waals surface area contributed by atoms with E-state index in [1.807, 2.05) is 69.4 Å². The van der Waals surface area contributed by atoms with Crippen molar-refractivity contribution in [3.63, 3.8) is 0 Å². The van der Waals surface area contributed by atoms with Gasteiger partial charge in [0, 0.05) is 13.1 Å². The van der Waals surface area contributed by atoms with Gasteiger partial charge in [-0.1, -0.05) is 60.1 Å². The summed E-state index contributed by atoms with van der Waals surface area (Å²) in [4.78, 5) is 14.0. The lowest BCUT2D eigenvalue weighted by Crippen LogP contribution is -2.44. The zero-order valence-corrected chi connectivity index (χ0v) is 15.5. The number of nitrogens with zero attached hydrogens (tertiary/aromatic N) is 1. The number of aliphatic hydroxyl groups is 1. The van der Waals surface area contributed by atoms with Crippen LogP contribution in [-0.2, 0) is 16.9 Å². The topological polar surface area (TPSA) is 49.8 Å². The van der Waals surface area contributed by atoms with E-state index in [1.54, 1.807) is 4.90 Å². The fourth-order valence-corrected chi connectivity index (χ4v) is 3.56. The van der Waals surface area contributed by atoms with Crippen LogP contribution in [0.5, 0.6) is 0 Å². The van der Waals surface area contributed by atoms with Gasteiger partial charge in [-0.15, -0.1) is 0 Å². The molecule has 136 valence electrons. The van der Waals surface area contributed by atoms with Gasteiger partial charge in [0.15, 0.2) is 0 Å². The second-order valence-corrected chi connectivity index (χ2v) is 7.32. The fourth-order valence-electron chi connectivity index (χ4n) is 3.56. The average molecular weight is 351 g/mol. The van der Waals surface area contributed by atoms with Crippen LogP contribution in [0.3, 0.4) is 0 Å². The van der Waals surface area contributed by atoms with Gasteiger partial charge >= 0.3 is 6.09 Å². The number of hydrogen-bond donors (Lipinski definition) is 1. The third-order valence-electron chi connectivity index (χ3n) is 5.39. The van der Waals surface area contributed by atoms with Crippen molar-refractivity contribution < 1.29 is 14.6 Å². The molecule has 4 nitrogen and oxygen atoms in total. The molecule has 1 unspecified atom stereocenters. The summed E-state index contributed by atoms with van der Waals surface area (Å²) in [6.07, 6.45) is 1.25. The first-order valence-electron chi connectivity index (χ1n) is 9.22. The zero-order valence-electron chi connectivity index (χ0n) is 15.5. The predicted molar refractivity (Wildman–Crippen MR) is 105 cm³/mol. The van der Waals surface area contributed by atoms with Gasteiger partial charge in [-0.2, -0.15) is 0 Å². The van der Waals surface area contributed by atoms with E-state index in [2.05, 4.69) is 0 Å². The molecule has 1 fully saturated rings. The highest BCUT2D eigenvalue weighted by Gasteiger charge is 2.37. The summed E-state index contributed by atoms with van der Waals surface area (Å²) in [5.74, 6) is 0.128. The Labute approximate surface area is 156 Å². The Morgan fingerprint density at radius 1 is 1.15 bits per heavy atom. The first-order valence-corrected chi connectivity index (χ1v) is 9.22. The monoisotopic (exact) mass is 351 g/mol. The molecular weight excluding hydrogens is 325 g/mol. The van der Waals surface area contributed by atoms with E-state index in [0.717, 1.165) is 24.0 Å². The highest BCUT2D eigenvalue weighted by atomic mass is 16.6. The van der Waals surface area contributed by atoms with Crippen LogP contribution in [0.15, 0.2) is 54.6 Å². The summed E-state index contributed by atoms with van der Waals surface area (Å²) in [7, 11) is 2.04. The number of benzene rings is 2. The Bertz CT molecular complexity index is 723. The molecule has 26 heavy (non-hydrogen) atoms. The molecule has 0 aliphatic carbocycles. The Balaban J connectivity index is 1.53. The molecule has 1 amide bonds. The van der Waals surface area contributed by atoms with Crippen LogP contribution < -0.4 is 5.46 Å². The maximum atomic E-state index is 12.3. The molecule has 5 heteroatoms. The van der Waals surface area contributed by atoms with Crippen molar-refractivity contribution in [1.82, 2.24) is 4.90 Å². The molecule has 0 aromatic heterocycles. The molecular formula is C21H26BNO3. The molecule has 1 atom stereocenters. The van der Waals surface area contributed by atoms with Crippen LogP contribution in [0.2, 0.25) is 0 Å². The maximum Gasteiger partial charge on any atom is 0.410 e. The van der Waals surface area contributed by atoms with Crippen molar-refractivity contribution in [1.29, 1.82) is 0 Å². The number of rotatable bonds is 4. The van der Waals surface area contributed by atoms with Crippen LogP contribution in [-0.4, -0.2) is 37.0 Å². The molecule has 0 bridgehead atoms. The van der Waals surface area contributed by atoms with Gasteiger partial charge in [0.05, 0.1) is 5.60 Å². The molecule has 0 saturated carbocycles. The summed E-state index contributed by atoms with van der Waals surface area (Å²) in [5, 5.41) is 11.0. The van der Waals surface area contributed by atoms with Gasteiger partial charge in [0.25, 0.3) is 0 Å². The SMILES string of the molecule is Bc1ccc(C(C)(O)C2CCN(C(=O)OCc3ccccc3)CC2)cc1. The lowest BCUT2D eigenvalue weighted by Gasteiger charge is -2.39. The summed E-state index contributed by atoms with van der Waals surface area (Å²) in [6.45, 7) is 3.40. The van der Waals surface area contributed by atoms with Crippen molar-refractivity contribution in [2.24, 2.45) is 5.92 Å². The first kappa shape index (κ1) is 18.5. The minimum absolute atomic E-state index is 0.128. The van der Waals surface area contributed by atoms with E-state index in [4.69, 9.17) is 4.74 Å². The van der Waals surface area contributed by atoms with E-state index in [1.165, 1.54) is 5.46 Å². The molecule has 2 aromatic carbocycles. The van der Waals surface area contributed by atoms with Crippen molar-refractivity contribution >= 4 is 19.4 Å². The normalized spacial score (nSPS) is 17.5. The number of likely N-dealkylation sites (tertiary alicyclic amines) is 1. The number of carbonyl (C=O) groups excluding carboxylic acids is 1. The third kappa shape index (κ3) is 4.28. The minimum Gasteiger partial charge on any atom is -0.445 e. The first-order chi connectivity index (χ1) is 12.5. The van der Waals surface area contributed by atoms with Crippen LogP contribution in [0, 0.1) is 5.92 Å². The quantitative estimate of drug-likeness (QED) is 0.860. The van der Waals surface area contributed by atoms with Crippen molar-refractivity contribution in [3.05, 3.63) is 65.7 Å². The van der Waals surface area contributed by atoms with Gasteiger partial charge < -0.3 is 14.7 Å². The number of hydrogen-bond acceptors (Lipinski definition) is 3. The fraction of sp³-hybridized carbons (Fsp3) is 0.381. The molecule has 3 rings (SSSR count). The van der Waals surface area contributed by atoms with E-state index < -0.39 is 5.60 Å². The summed E-state index contributed by atoms with van der Waals surface area (Å²) in [5.41, 5.74) is 2.22. The van der Waals surface area contributed by atoms with E-state index in [9.17, 15) is 9.90 Å². The summed E-state index contributed by atoms with van der Waals surface area (Å²) >= 11 is 0. The smallest absolute Gasteiger partial charge is 0.410 e. The molecule has 0 spiro atoms. The molecule has 1 aliphatic rings. The molecule has 1 aliphatic heterocycles. The highest BCUT2D eigenvalue weighted by molar-refractivity contribution is 6.32. The zero-order chi connectivity index (χ0) is 18.6. The van der Waals surface area contributed by atoms with Gasteiger partial charge in [-0.05, 0) is 36.8 Å². The number of amides is 1. The molecule has 2 aromatic rings. The Morgan fingerprint density at radius 3 is 2.38 bits per heavy atom. The minimum atomic E-state index is -0.881. The van der Waals surface area contributed by atoms with Crippen LogP contribution in [0.4, 0.5) is 4.79 Å². The maximum absolute atomic E-state index is 12.3. The number of ether oxygens (including phenoxy) is 1.